The Bertz CT molecular complexity index is 509. The van der Waals surface area contributed by atoms with Crippen molar-refractivity contribution in [1.82, 2.24) is 5.32 Å². The molecule has 0 radical (unpaired) electrons. The fourth-order valence-electron chi connectivity index (χ4n) is 1.62. The monoisotopic (exact) mass is 273 g/mol. The summed E-state index contributed by atoms with van der Waals surface area (Å²) in [5.74, 6) is 0.818. The molecule has 4 heteroatoms. The smallest absolute Gasteiger partial charge is 0.329 e. The zero-order chi connectivity index (χ0) is 15.2. The van der Waals surface area contributed by atoms with Crippen molar-refractivity contribution in [2.75, 3.05) is 0 Å². The highest BCUT2D eigenvalue weighted by Gasteiger charge is 2.26. The lowest BCUT2D eigenvalue weighted by molar-refractivity contribution is -0.158. The summed E-state index contributed by atoms with van der Waals surface area (Å²) in [6, 6.07) is 8.57. The summed E-state index contributed by atoms with van der Waals surface area (Å²) in [6.07, 6.45) is 5.36. The van der Waals surface area contributed by atoms with Gasteiger partial charge in [-0.15, -0.1) is 6.42 Å². The van der Waals surface area contributed by atoms with Crippen molar-refractivity contribution in [2.45, 2.75) is 38.8 Å². The SMILES string of the molecule is C#CC(=O)N[C@@H](Cc1ccccc1)C(=O)OC(C)(C)C. The first-order chi connectivity index (χ1) is 9.31. The third-order valence-electron chi connectivity index (χ3n) is 2.41. The molecule has 106 valence electrons. The highest BCUT2D eigenvalue weighted by Crippen LogP contribution is 2.11. The molecule has 0 fully saturated rings. The van der Waals surface area contributed by atoms with Crippen molar-refractivity contribution in [3.05, 3.63) is 35.9 Å². The third-order valence-corrected chi connectivity index (χ3v) is 2.41. The van der Waals surface area contributed by atoms with Crippen molar-refractivity contribution in [1.29, 1.82) is 0 Å². The number of amides is 1. The topological polar surface area (TPSA) is 55.4 Å². The standard InChI is InChI=1S/C16H19NO3/c1-5-14(18)17-13(15(19)20-16(2,3)4)11-12-9-7-6-8-10-12/h1,6-10,13H,11H2,2-4H3,(H,17,18)/t13-/m0/s1. The van der Waals surface area contributed by atoms with Gasteiger partial charge < -0.3 is 10.1 Å². The molecule has 0 bridgehead atoms. The van der Waals surface area contributed by atoms with Gasteiger partial charge in [0.15, 0.2) is 0 Å². The summed E-state index contributed by atoms with van der Waals surface area (Å²) >= 11 is 0. The van der Waals surface area contributed by atoms with Gasteiger partial charge in [-0.05, 0) is 32.3 Å². The fraction of sp³-hybridized carbons (Fsp3) is 0.375. The van der Waals surface area contributed by atoms with Crippen molar-refractivity contribution in [3.63, 3.8) is 0 Å². The zero-order valence-electron chi connectivity index (χ0n) is 12.0. The Hall–Kier alpha value is -2.28. The van der Waals surface area contributed by atoms with Crippen LogP contribution in [0, 0.1) is 12.3 Å². The minimum absolute atomic E-state index is 0.336. The van der Waals surface area contributed by atoms with Crippen LogP contribution in [0.4, 0.5) is 0 Å². The van der Waals surface area contributed by atoms with E-state index in [0.29, 0.717) is 6.42 Å². The number of ether oxygens (including phenoxy) is 1. The van der Waals surface area contributed by atoms with E-state index in [-0.39, 0.29) is 0 Å². The van der Waals surface area contributed by atoms with Gasteiger partial charge >= 0.3 is 5.97 Å². The number of hydrogen-bond acceptors (Lipinski definition) is 3. The molecule has 0 aliphatic rings. The Morgan fingerprint density at radius 1 is 1.30 bits per heavy atom. The Balaban J connectivity index is 2.83. The van der Waals surface area contributed by atoms with Crippen LogP contribution in [0.2, 0.25) is 0 Å². The Labute approximate surface area is 119 Å². The number of carbonyl (C=O) groups excluding carboxylic acids is 2. The van der Waals surface area contributed by atoms with Crippen LogP contribution in [0.1, 0.15) is 26.3 Å². The van der Waals surface area contributed by atoms with Gasteiger partial charge in [0.25, 0.3) is 5.91 Å². The van der Waals surface area contributed by atoms with E-state index in [2.05, 4.69) is 5.32 Å². The molecule has 0 spiro atoms. The first-order valence-electron chi connectivity index (χ1n) is 6.36. The zero-order valence-corrected chi connectivity index (χ0v) is 12.0. The second-order valence-electron chi connectivity index (χ2n) is 5.39. The van der Waals surface area contributed by atoms with Crippen LogP contribution in [0.15, 0.2) is 30.3 Å². The quantitative estimate of drug-likeness (QED) is 0.671. The largest absolute Gasteiger partial charge is 0.458 e. The number of benzene rings is 1. The number of nitrogens with one attached hydrogen (secondary N) is 1. The van der Waals surface area contributed by atoms with E-state index in [9.17, 15) is 9.59 Å². The van der Waals surface area contributed by atoms with Gasteiger partial charge in [0.1, 0.15) is 11.6 Å². The van der Waals surface area contributed by atoms with Crippen LogP contribution in [0.5, 0.6) is 0 Å². The van der Waals surface area contributed by atoms with Gasteiger partial charge in [-0.2, -0.15) is 0 Å². The fourth-order valence-corrected chi connectivity index (χ4v) is 1.62. The molecule has 0 aromatic heterocycles. The Kier molecular flexibility index (Phi) is 5.33. The van der Waals surface area contributed by atoms with Gasteiger partial charge in [0, 0.05) is 6.42 Å². The molecule has 1 amide bonds. The number of esters is 1. The molecule has 4 nitrogen and oxygen atoms in total. The minimum atomic E-state index is -0.792. The second kappa shape index (κ2) is 6.76. The van der Waals surface area contributed by atoms with Crippen LogP contribution in [-0.4, -0.2) is 23.5 Å². The normalized spacial score (nSPS) is 12.1. The highest BCUT2D eigenvalue weighted by molar-refractivity contribution is 5.95. The van der Waals surface area contributed by atoms with Crippen molar-refractivity contribution in [3.8, 4) is 12.3 Å². The van der Waals surface area contributed by atoms with E-state index < -0.39 is 23.5 Å². The highest BCUT2D eigenvalue weighted by atomic mass is 16.6. The predicted octanol–water partition coefficient (Wildman–Crippen LogP) is 1.69. The molecule has 1 rings (SSSR count). The molecule has 0 aliphatic carbocycles. The lowest BCUT2D eigenvalue weighted by Gasteiger charge is -2.24. The molecule has 1 N–H and O–H groups in total. The molecule has 0 heterocycles. The molecule has 1 aromatic carbocycles. The molecule has 0 unspecified atom stereocenters. The van der Waals surface area contributed by atoms with E-state index >= 15 is 0 Å². The van der Waals surface area contributed by atoms with Gasteiger partial charge in [-0.3, -0.25) is 4.79 Å². The van der Waals surface area contributed by atoms with Gasteiger partial charge in [0.05, 0.1) is 0 Å². The molecular formula is C16H19NO3. The lowest BCUT2D eigenvalue weighted by Crippen LogP contribution is -2.45. The maximum Gasteiger partial charge on any atom is 0.329 e. The minimum Gasteiger partial charge on any atom is -0.458 e. The van der Waals surface area contributed by atoms with Crippen LogP contribution in [0.25, 0.3) is 0 Å². The molecule has 0 saturated carbocycles. The molecule has 1 atom stereocenters. The molecular weight excluding hydrogens is 254 g/mol. The summed E-state index contributed by atoms with van der Waals surface area (Å²) in [4.78, 5) is 23.4. The third kappa shape index (κ3) is 5.57. The van der Waals surface area contributed by atoms with E-state index in [4.69, 9.17) is 11.2 Å². The first kappa shape index (κ1) is 15.8. The van der Waals surface area contributed by atoms with E-state index in [0.717, 1.165) is 5.56 Å². The number of carbonyl (C=O) groups is 2. The van der Waals surface area contributed by atoms with Crippen LogP contribution in [0.3, 0.4) is 0 Å². The summed E-state index contributed by atoms with van der Waals surface area (Å²) in [7, 11) is 0. The molecule has 20 heavy (non-hydrogen) atoms. The molecule has 1 aromatic rings. The van der Waals surface area contributed by atoms with E-state index in [1.165, 1.54) is 0 Å². The van der Waals surface area contributed by atoms with Gasteiger partial charge in [-0.1, -0.05) is 30.3 Å². The molecule has 0 aliphatic heterocycles. The average Bonchev–Trinajstić information content (AvgIpc) is 2.37. The van der Waals surface area contributed by atoms with Crippen molar-refractivity contribution in [2.24, 2.45) is 0 Å². The summed E-state index contributed by atoms with van der Waals surface area (Å²) in [5.41, 5.74) is 0.299. The maximum absolute atomic E-state index is 12.1. The first-order valence-corrected chi connectivity index (χ1v) is 6.36. The Morgan fingerprint density at radius 3 is 2.40 bits per heavy atom. The van der Waals surface area contributed by atoms with Gasteiger partial charge in [-0.25, -0.2) is 4.79 Å². The predicted molar refractivity (Wildman–Crippen MR) is 76.8 cm³/mol. The van der Waals surface area contributed by atoms with E-state index in [1.807, 2.05) is 36.3 Å². The van der Waals surface area contributed by atoms with Crippen LogP contribution >= 0.6 is 0 Å². The lowest BCUT2D eigenvalue weighted by atomic mass is 10.1. The van der Waals surface area contributed by atoms with Gasteiger partial charge in [0.2, 0.25) is 0 Å². The maximum atomic E-state index is 12.1. The second-order valence-corrected chi connectivity index (χ2v) is 5.39. The van der Waals surface area contributed by atoms with Crippen molar-refractivity contribution >= 4 is 11.9 Å². The summed E-state index contributed by atoms with van der Waals surface area (Å²) in [5, 5.41) is 2.49. The van der Waals surface area contributed by atoms with Crippen LogP contribution in [-0.2, 0) is 20.7 Å². The number of hydrogen-bond donors (Lipinski definition) is 1. The number of terminal acetylenes is 1. The Morgan fingerprint density at radius 2 is 1.90 bits per heavy atom. The average molecular weight is 273 g/mol. The summed E-state index contributed by atoms with van der Waals surface area (Å²) in [6.45, 7) is 5.31. The van der Waals surface area contributed by atoms with E-state index in [1.54, 1.807) is 20.8 Å². The molecule has 0 saturated heterocycles. The number of rotatable bonds is 4. The summed E-state index contributed by atoms with van der Waals surface area (Å²) < 4.78 is 5.30. The van der Waals surface area contributed by atoms with Crippen molar-refractivity contribution < 1.29 is 14.3 Å². The van der Waals surface area contributed by atoms with Crippen LogP contribution < -0.4 is 5.32 Å².